The van der Waals surface area contributed by atoms with Crippen LogP contribution in [0.2, 0.25) is 0 Å². The second kappa shape index (κ2) is 2.13. The molecule has 0 fully saturated rings. The van der Waals surface area contributed by atoms with Gasteiger partial charge < -0.3 is 0 Å². The van der Waals surface area contributed by atoms with Crippen LogP contribution in [0.1, 0.15) is 20.0 Å². The molecule has 0 unspecified atom stereocenters. The molecule has 3 nitrogen and oxygen atoms in total. The molecule has 0 N–H and O–H groups in total. The Morgan fingerprint density at radius 3 is 2.67 bits per heavy atom. The number of amides is 2. The highest BCUT2D eigenvalue weighted by Crippen LogP contribution is 2.28. The fourth-order valence-corrected chi connectivity index (χ4v) is 1.96. The molecular weight excluding hydrogens is 181 g/mol. The lowest BCUT2D eigenvalue weighted by atomic mass is 10.3. The van der Waals surface area contributed by atoms with Gasteiger partial charge in [0.15, 0.2) is 5.13 Å². The summed E-state index contributed by atoms with van der Waals surface area (Å²) in [6.45, 7) is 0. The number of thiophene rings is 1. The maximum Gasteiger partial charge on any atom is 0.271 e. The molecule has 1 aromatic rings. The van der Waals surface area contributed by atoms with Crippen molar-refractivity contribution >= 4 is 23.2 Å². The molecular formula is C7H4FNO2S. The minimum absolute atomic E-state index is 0.185. The van der Waals surface area contributed by atoms with Gasteiger partial charge in [-0.3, -0.25) is 14.5 Å². The lowest BCUT2D eigenvalue weighted by Crippen LogP contribution is -2.24. The van der Waals surface area contributed by atoms with E-state index >= 15 is 0 Å². The van der Waals surface area contributed by atoms with Crippen molar-refractivity contribution in [1.82, 2.24) is 4.90 Å². The van der Waals surface area contributed by atoms with Crippen molar-refractivity contribution < 1.29 is 14.0 Å². The van der Waals surface area contributed by atoms with Gasteiger partial charge >= 0.3 is 0 Å². The van der Waals surface area contributed by atoms with Crippen molar-refractivity contribution in [3.63, 3.8) is 0 Å². The lowest BCUT2D eigenvalue weighted by molar-refractivity contribution is 0.0694. The highest BCUT2D eigenvalue weighted by atomic mass is 32.1. The molecule has 2 heterocycles. The summed E-state index contributed by atoms with van der Waals surface area (Å²) in [6.07, 6.45) is 0. The van der Waals surface area contributed by atoms with E-state index in [0.29, 0.717) is 11.3 Å². The molecule has 2 amide bonds. The van der Waals surface area contributed by atoms with Gasteiger partial charge in [0.1, 0.15) is 4.88 Å². The summed E-state index contributed by atoms with van der Waals surface area (Å²) in [4.78, 5) is 23.5. The molecule has 5 heteroatoms. The van der Waals surface area contributed by atoms with E-state index in [1.807, 2.05) is 0 Å². The summed E-state index contributed by atoms with van der Waals surface area (Å²) in [6, 6.07) is 1.10. The van der Waals surface area contributed by atoms with Gasteiger partial charge in [-0.15, -0.1) is 0 Å². The van der Waals surface area contributed by atoms with Gasteiger partial charge in [0.25, 0.3) is 11.8 Å². The number of rotatable bonds is 0. The fourth-order valence-electron chi connectivity index (χ4n) is 1.10. The summed E-state index contributed by atoms with van der Waals surface area (Å²) in [5.41, 5.74) is 0.185. The number of halogens is 1. The average molecular weight is 185 g/mol. The van der Waals surface area contributed by atoms with Gasteiger partial charge in [-0.25, -0.2) is 0 Å². The monoisotopic (exact) mass is 185 g/mol. The zero-order valence-corrected chi connectivity index (χ0v) is 6.94. The van der Waals surface area contributed by atoms with E-state index in [-0.39, 0.29) is 10.4 Å². The number of fused-ring (bicyclic) bond motifs is 1. The van der Waals surface area contributed by atoms with E-state index in [4.69, 9.17) is 0 Å². The van der Waals surface area contributed by atoms with Gasteiger partial charge in [-0.1, -0.05) is 11.3 Å². The van der Waals surface area contributed by atoms with E-state index in [1.165, 1.54) is 7.05 Å². The topological polar surface area (TPSA) is 37.4 Å². The van der Waals surface area contributed by atoms with Gasteiger partial charge in [-0.2, -0.15) is 4.39 Å². The second-order valence-electron chi connectivity index (χ2n) is 2.46. The standard InChI is InChI=1S/C7H4FNO2S/c1-9-6(10)3-2-4(8)12-5(3)7(9)11/h2H,1H3. The van der Waals surface area contributed by atoms with Crippen molar-refractivity contribution in [2.45, 2.75) is 0 Å². The molecule has 0 atom stereocenters. The first kappa shape index (κ1) is 7.42. The minimum atomic E-state index is -0.491. The van der Waals surface area contributed by atoms with E-state index in [9.17, 15) is 14.0 Å². The number of hydrogen-bond donors (Lipinski definition) is 0. The highest BCUT2D eigenvalue weighted by Gasteiger charge is 2.35. The predicted octanol–water partition coefficient (Wildman–Crippen LogP) is 1.11. The summed E-state index contributed by atoms with van der Waals surface area (Å²) in [7, 11) is 1.38. The lowest BCUT2D eigenvalue weighted by Gasteiger charge is -2.03. The molecule has 62 valence electrons. The number of hydrogen-bond acceptors (Lipinski definition) is 3. The Hall–Kier alpha value is -1.23. The van der Waals surface area contributed by atoms with Gasteiger partial charge in [-0.05, 0) is 6.07 Å². The third-order valence-electron chi connectivity index (χ3n) is 1.74. The van der Waals surface area contributed by atoms with Crippen molar-refractivity contribution in [3.05, 3.63) is 21.6 Å². The Balaban J connectivity index is 2.64. The van der Waals surface area contributed by atoms with Crippen LogP contribution in [-0.4, -0.2) is 23.8 Å². The summed E-state index contributed by atoms with van der Waals surface area (Å²) in [5, 5.41) is -0.491. The third kappa shape index (κ3) is 0.739. The van der Waals surface area contributed by atoms with E-state index in [0.717, 1.165) is 11.0 Å². The Bertz CT molecular complexity index is 351. The van der Waals surface area contributed by atoms with E-state index < -0.39 is 16.9 Å². The SMILES string of the molecule is CN1C(=O)c2cc(F)sc2C1=O. The molecule has 2 rings (SSSR count). The molecule has 1 aromatic heterocycles. The fraction of sp³-hybridized carbons (Fsp3) is 0.143. The van der Waals surface area contributed by atoms with E-state index in [2.05, 4.69) is 0 Å². The van der Waals surface area contributed by atoms with Crippen molar-refractivity contribution in [2.75, 3.05) is 7.05 Å². The molecule has 0 aromatic carbocycles. The summed E-state index contributed by atoms with van der Waals surface area (Å²) >= 11 is 0.714. The van der Waals surface area contributed by atoms with Crippen LogP contribution in [0, 0.1) is 5.13 Å². The molecule has 1 aliphatic rings. The molecule has 0 spiro atoms. The molecule has 1 aliphatic heterocycles. The first-order valence-corrected chi connectivity index (χ1v) is 4.04. The van der Waals surface area contributed by atoms with Crippen LogP contribution >= 0.6 is 11.3 Å². The first-order valence-electron chi connectivity index (χ1n) is 3.23. The number of imide groups is 1. The Kier molecular flexibility index (Phi) is 1.32. The largest absolute Gasteiger partial charge is 0.277 e. The number of carbonyl (C=O) groups excluding carboxylic acids is 2. The zero-order valence-electron chi connectivity index (χ0n) is 6.13. The average Bonchev–Trinajstić information content (AvgIpc) is 2.49. The summed E-state index contributed by atoms with van der Waals surface area (Å²) in [5.74, 6) is -0.834. The Morgan fingerprint density at radius 1 is 1.42 bits per heavy atom. The predicted molar refractivity (Wildman–Crippen MR) is 40.7 cm³/mol. The van der Waals surface area contributed by atoms with Gasteiger partial charge in [0.05, 0.1) is 5.56 Å². The molecule has 0 aliphatic carbocycles. The number of nitrogens with zero attached hydrogens (tertiary/aromatic N) is 1. The first-order chi connectivity index (χ1) is 5.61. The molecule has 0 radical (unpaired) electrons. The van der Waals surface area contributed by atoms with Gasteiger partial charge in [0.2, 0.25) is 0 Å². The van der Waals surface area contributed by atoms with Crippen LogP contribution in [0.5, 0.6) is 0 Å². The second-order valence-corrected chi connectivity index (χ2v) is 3.47. The number of carbonyl (C=O) groups is 2. The quantitative estimate of drug-likeness (QED) is 0.568. The van der Waals surface area contributed by atoms with Crippen LogP contribution in [-0.2, 0) is 0 Å². The van der Waals surface area contributed by atoms with Crippen LogP contribution < -0.4 is 0 Å². The normalized spacial score (nSPS) is 15.7. The van der Waals surface area contributed by atoms with Gasteiger partial charge in [0, 0.05) is 7.05 Å². The maximum atomic E-state index is 12.6. The third-order valence-corrected chi connectivity index (χ3v) is 2.65. The minimum Gasteiger partial charge on any atom is -0.277 e. The van der Waals surface area contributed by atoms with Crippen molar-refractivity contribution in [2.24, 2.45) is 0 Å². The van der Waals surface area contributed by atoms with Crippen LogP contribution in [0.25, 0.3) is 0 Å². The smallest absolute Gasteiger partial charge is 0.271 e. The Morgan fingerprint density at radius 2 is 2.08 bits per heavy atom. The van der Waals surface area contributed by atoms with Crippen LogP contribution in [0.4, 0.5) is 4.39 Å². The Labute approximate surface area is 71.4 Å². The van der Waals surface area contributed by atoms with E-state index in [1.54, 1.807) is 0 Å². The molecule has 12 heavy (non-hydrogen) atoms. The zero-order chi connectivity index (χ0) is 8.88. The van der Waals surface area contributed by atoms with Crippen LogP contribution in [0.3, 0.4) is 0 Å². The van der Waals surface area contributed by atoms with Crippen LogP contribution in [0.15, 0.2) is 6.07 Å². The molecule has 0 bridgehead atoms. The van der Waals surface area contributed by atoms with Crippen molar-refractivity contribution in [3.8, 4) is 0 Å². The molecule has 0 saturated heterocycles. The van der Waals surface area contributed by atoms with Crippen molar-refractivity contribution in [1.29, 1.82) is 0 Å². The summed E-state index contributed by atoms with van der Waals surface area (Å²) < 4.78 is 12.6. The highest BCUT2D eigenvalue weighted by molar-refractivity contribution is 7.13. The molecule has 0 saturated carbocycles. The maximum absolute atomic E-state index is 12.6.